The molecule has 0 radical (unpaired) electrons. The summed E-state index contributed by atoms with van der Waals surface area (Å²) in [5, 5.41) is 3.19. The molecule has 1 unspecified atom stereocenters. The molecule has 1 fully saturated rings. The van der Waals surface area contributed by atoms with Gasteiger partial charge in [-0.05, 0) is 30.7 Å². The summed E-state index contributed by atoms with van der Waals surface area (Å²) in [6.07, 6.45) is 1.14. The fourth-order valence-corrected chi connectivity index (χ4v) is 3.77. The van der Waals surface area contributed by atoms with Crippen LogP contribution in [0.5, 0.6) is 0 Å². The molecule has 1 aromatic rings. The highest BCUT2D eigenvalue weighted by Crippen LogP contribution is 2.18. The fourth-order valence-electron chi connectivity index (χ4n) is 2.10. The predicted molar refractivity (Wildman–Crippen MR) is 71.7 cm³/mol. The van der Waals surface area contributed by atoms with Crippen molar-refractivity contribution in [2.24, 2.45) is 0 Å². The van der Waals surface area contributed by atoms with Gasteiger partial charge in [-0.1, -0.05) is 6.92 Å². The highest BCUT2D eigenvalue weighted by Gasteiger charge is 2.27. The van der Waals surface area contributed by atoms with E-state index in [9.17, 15) is 13.2 Å². The molecule has 98 valence electrons. The van der Waals surface area contributed by atoms with Crippen LogP contribution >= 0.6 is 0 Å². The summed E-state index contributed by atoms with van der Waals surface area (Å²) < 4.78 is 22.7. The van der Waals surface area contributed by atoms with Crippen LogP contribution in [0.2, 0.25) is 0 Å². The molecule has 0 saturated carbocycles. The standard InChI is InChI=1S/C13H17NO3S/c1-2-13(15)10-3-5-11(6-4-10)14-12-7-8-18(16,17)9-12/h3-6,12,14H,2,7-9H2,1H3. The Morgan fingerprint density at radius 3 is 2.50 bits per heavy atom. The van der Waals surface area contributed by atoms with E-state index >= 15 is 0 Å². The number of carbonyl (C=O) groups excluding carboxylic acids is 1. The first-order valence-electron chi connectivity index (χ1n) is 6.10. The number of nitrogens with one attached hydrogen (secondary N) is 1. The molecule has 0 spiro atoms. The quantitative estimate of drug-likeness (QED) is 0.846. The summed E-state index contributed by atoms with van der Waals surface area (Å²) in [6.45, 7) is 1.83. The van der Waals surface area contributed by atoms with Gasteiger partial charge in [-0.2, -0.15) is 0 Å². The monoisotopic (exact) mass is 267 g/mol. The first kappa shape index (κ1) is 13.1. The Balaban J connectivity index is 2.01. The number of hydrogen-bond donors (Lipinski definition) is 1. The molecule has 1 heterocycles. The first-order chi connectivity index (χ1) is 8.50. The van der Waals surface area contributed by atoms with Crippen LogP contribution in [0.4, 0.5) is 5.69 Å². The predicted octanol–water partition coefficient (Wildman–Crippen LogP) is 1.88. The van der Waals surface area contributed by atoms with E-state index in [0.717, 1.165) is 5.69 Å². The average Bonchev–Trinajstić information content (AvgIpc) is 2.68. The third-order valence-electron chi connectivity index (χ3n) is 3.13. The summed E-state index contributed by atoms with van der Waals surface area (Å²) in [7, 11) is -2.86. The third kappa shape index (κ3) is 3.10. The summed E-state index contributed by atoms with van der Waals surface area (Å²) in [5.74, 6) is 0.574. The maximum atomic E-state index is 11.5. The van der Waals surface area contributed by atoms with Gasteiger partial charge in [0.15, 0.2) is 15.6 Å². The minimum absolute atomic E-state index is 0.0114. The van der Waals surface area contributed by atoms with Gasteiger partial charge in [0, 0.05) is 23.7 Å². The first-order valence-corrected chi connectivity index (χ1v) is 7.92. The minimum Gasteiger partial charge on any atom is -0.381 e. The van der Waals surface area contributed by atoms with E-state index in [2.05, 4.69) is 5.32 Å². The number of hydrogen-bond acceptors (Lipinski definition) is 4. The van der Waals surface area contributed by atoms with E-state index < -0.39 is 9.84 Å². The fraction of sp³-hybridized carbons (Fsp3) is 0.462. The van der Waals surface area contributed by atoms with Crippen LogP contribution in [0, 0.1) is 0 Å². The van der Waals surface area contributed by atoms with Crippen LogP contribution < -0.4 is 5.32 Å². The molecule has 0 bridgehead atoms. The molecule has 1 atom stereocenters. The van der Waals surface area contributed by atoms with Crippen LogP contribution in [0.15, 0.2) is 24.3 Å². The zero-order valence-corrected chi connectivity index (χ0v) is 11.2. The van der Waals surface area contributed by atoms with Crippen LogP contribution in [0.3, 0.4) is 0 Å². The molecule has 1 N–H and O–H groups in total. The van der Waals surface area contributed by atoms with E-state index in [0.29, 0.717) is 18.4 Å². The van der Waals surface area contributed by atoms with Gasteiger partial charge in [0.25, 0.3) is 0 Å². The SMILES string of the molecule is CCC(=O)c1ccc(NC2CCS(=O)(=O)C2)cc1. The number of rotatable bonds is 4. The van der Waals surface area contributed by atoms with Gasteiger partial charge in [0.2, 0.25) is 0 Å². The van der Waals surface area contributed by atoms with Gasteiger partial charge >= 0.3 is 0 Å². The summed E-state index contributed by atoms with van der Waals surface area (Å²) in [4.78, 5) is 11.5. The van der Waals surface area contributed by atoms with Crippen molar-refractivity contribution in [3.63, 3.8) is 0 Å². The van der Waals surface area contributed by atoms with Gasteiger partial charge in [-0.15, -0.1) is 0 Å². The molecule has 1 aromatic carbocycles. The van der Waals surface area contributed by atoms with Crippen LogP contribution in [0.25, 0.3) is 0 Å². The van der Waals surface area contributed by atoms with Crippen LogP contribution in [-0.4, -0.2) is 31.7 Å². The topological polar surface area (TPSA) is 63.2 Å². The second kappa shape index (κ2) is 5.10. The molecule has 1 saturated heterocycles. The van der Waals surface area contributed by atoms with Crippen molar-refractivity contribution in [2.75, 3.05) is 16.8 Å². The average molecular weight is 267 g/mol. The summed E-state index contributed by atoms with van der Waals surface area (Å²) in [6, 6.07) is 7.19. The van der Waals surface area contributed by atoms with E-state index in [1.165, 1.54) is 0 Å². The molecule has 0 amide bonds. The van der Waals surface area contributed by atoms with E-state index in [1.54, 1.807) is 12.1 Å². The van der Waals surface area contributed by atoms with Gasteiger partial charge < -0.3 is 5.32 Å². The number of ketones is 1. The Bertz CT molecular complexity index is 534. The number of carbonyl (C=O) groups is 1. The van der Waals surface area contributed by atoms with Crippen molar-refractivity contribution >= 4 is 21.3 Å². The number of anilines is 1. The molecular formula is C13H17NO3S. The lowest BCUT2D eigenvalue weighted by Crippen LogP contribution is -2.20. The Morgan fingerprint density at radius 2 is 2.00 bits per heavy atom. The lowest BCUT2D eigenvalue weighted by Gasteiger charge is -2.12. The third-order valence-corrected chi connectivity index (χ3v) is 4.90. The highest BCUT2D eigenvalue weighted by atomic mass is 32.2. The summed E-state index contributed by atoms with van der Waals surface area (Å²) in [5.41, 5.74) is 1.56. The lowest BCUT2D eigenvalue weighted by molar-refractivity contribution is 0.0988. The maximum Gasteiger partial charge on any atom is 0.162 e. The molecule has 1 aliphatic rings. The Morgan fingerprint density at radius 1 is 1.33 bits per heavy atom. The highest BCUT2D eigenvalue weighted by molar-refractivity contribution is 7.91. The van der Waals surface area contributed by atoms with E-state index in [-0.39, 0.29) is 23.3 Å². The largest absolute Gasteiger partial charge is 0.381 e. The van der Waals surface area contributed by atoms with Crippen LogP contribution in [-0.2, 0) is 9.84 Å². The Labute approximate surface area is 107 Å². The molecule has 18 heavy (non-hydrogen) atoms. The number of sulfone groups is 1. The Kier molecular flexibility index (Phi) is 3.71. The zero-order valence-electron chi connectivity index (χ0n) is 10.3. The van der Waals surface area contributed by atoms with Crippen molar-refractivity contribution < 1.29 is 13.2 Å². The van der Waals surface area contributed by atoms with E-state index in [1.807, 2.05) is 19.1 Å². The molecule has 0 aromatic heterocycles. The lowest BCUT2D eigenvalue weighted by atomic mass is 10.1. The second-order valence-electron chi connectivity index (χ2n) is 4.60. The van der Waals surface area contributed by atoms with Crippen molar-refractivity contribution in [3.05, 3.63) is 29.8 Å². The van der Waals surface area contributed by atoms with Gasteiger partial charge in [-0.3, -0.25) is 4.79 Å². The van der Waals surface area contributed by atoms with Crippen molar-refractivity contribution in [1.82, 2.24) is 0 Å². The smallest absolute Gasteiger partial charge is 0.162 e. The normalized spacial score (nSPS) is 21.7. The van der Waals surface area contributed by atoms with Gasteiger partial charge in [0.1, 0.15) is 0 Å². The van der Waals surface area contributed by atoms with Crippen molar-refractivity contribution in [1.29, 1.82) is 0 Å². The van der Waals surface area contributed by atoms with E-state index in [4.69, 9.17) is 0 Å². The number of Topliss-reactive ketones (excluding diaryl/α,β-unsaturated/α-hetero) is 1. The molecule has 2 rings (SSSR count). The Hall–Kier alpha value is -1.36. The van der Waals surface area contributed by atoms with Crippen molar-refractivity contribution in [2.45, 2.75) is 25.8 Å². The van der Waals surface area contributed by atoms with Crippen LogP contribution in [0.1, 0.15) is 30.1 Å². The zero-order chi connectivity index (χ0) is 13.2. The summed E-state index contributed by atoms with van der Waals surface area (Å²) >= 11 is 0. The van der Waals surface area contributed by atoms with Crippen molar-refractivity contribution in [3.8, 4) is 0 Å². The maximum absolute atomic E-state index is 11.5. The minimum atomic E-state index is -2.86. The second-order valence-corrected chi connectivity index (χ2v) is 6.83. The molecule has 0 aliphatic carbocycles. The van der Waals surface area contributed by atoms with Gasteiger partial charge in [-0.25, -0.2) is 8.42 Å². The molecule has 5 heteroatoms. The molecule has 1 aliphatic heterocycles. The molecule has 4 nitrogen and oxygen atoms in total. The number of benzene rings is 1. The molecular weight excluding hydrogens is 250 g/mol. The van der Waals surface area contributed by atoms with Gasteiger partial charge in [0.05, 0.1) is 11.5 Å².